The average Bonchev–Trinajstić information content (AvgIpc) is 3.41. The Labute approximate surface area is 201 Å². The zero-order valence-corrected chi connectivity index (χ0v) is 19.9. The third-order valence-electron chi connectivity index (χ3n) is 5.15. The van der Waals surface area contributed by atoms with E-state index >= 15 is 0 Å². The minimum absolute atomic E-state index is 0.0519. The van der Waals surface area contributed by atoms with Gasteiger partial charge in [-0.2, -0.15) is 0 Å². The average molecular weight is 507 g/mol. The number of carbonyl (C=O) groups is 1. The van der Waals surface area contributed by atoms with E-state index in [-0.39, 0.29) is 23.3 Å². The van der Waals surface area contributed by atoms with Crippen molar-refractivity contribution in [3.63, 3.8) is 0 Å². The fourth-order valence-corrected chi connectivity index (χ4v) is 5.51. The first-order chi connectivity index (χ1) is 15.3. The number of rotatable bonds is 6. The smallest absolute Gasteiger partial charge is 0.259 e. The molecule has 1 aliphatic heterocycles. The molecule has 4 rings (SSSR count). The highest BCUT2D eigenvalue weighted by Crippen LogP contribution is 2.30. The molecule has 11 heteroatoms. The van der Waals surface area contributed by atoms with Gasteiger partial charge < -0.3 is 4.57 Å². The van der Waals surface area contributed by atoms with Gasteiger partial charge in [-0.25, -0.2) is 18.1 Å². The van der Waals surface area contributed by atoms with Crippen molar-refractivity contribution in [1.82, 2.24) is 19.2 Å². The van der Waals surface area contributed by atoms with E-state index in [1.807, 2.05) is 4.57 Å². The number of benzene rings is 2. The summed E-state index contributed by atoms with van der Waals surface area (Å²) in [5.74, 6) is -0.692. The Kier molecular flexibility index (Phi) is 6.68. The van der Waals surface area contributed by atoms with Crippen LogP contribution in [0, 0.1) is 5.92 Å². The standard InChI is InChI=1S/C21H19ClN4O3S3/c22-19-11-15(12-24-32(28,29)18-7-5-17(30)6-8-18)21(31)26(19)20(27)14-1-3-16(4-2-14)25-10-9-23-13-25/h1-10,13,15,19,24,30H,11-12H2/t15?,19-/m0/s1. The maximum atomic E-state index is 13.1. The quantitative estimate of drug-likeness (QED) is 0.231. The van der Waals surface area contributed by atoms with Crippen molar-refractivity contribution in [3.05, 3.63) is 72.8 Å². The number of thiocarbonyl (C=S) groups is 1. The van der Waals surface area contributed by atoms with E-state index in [1.54, 1.807) is 55.1 Å². The van der Waals surface area contributed by atoms with Crippen molar-refractivity contribution >= 4 is 57.4 Å². The van der Waals surface area contributed by atoms with Gasteiger partial charge in [0.25, 0.3) is 5.91 Å². The van der Waals surface area contributed by atoms with E-state index in [1.165, 1.54) is 17.0 Å². The highest BCUT2D eigenvalue weighted by atomic mass is 35.5. The summed E-state index contributed by atoms with van der Waals surface area (Å²) in [5.41, 5.74) is 0.653. The lowest BCUT2D eigenvalue weighted by Gasteiger charge is -2.21. The second-order valence-corrected chi connectivity index (χ2v) is 10.4. The van der Waals surface area contributed by atoms with Crippen LogP contribution in [0.15, 0.2) is 77.0 Å². The van der Waals surface area contributed by atoms with E-state index in [4.69, 9.17) is 23.8 Å². The molecule has 3 aromatic rings. The molecule has 0 radical (unpaired) electrons. The molecule has 1 aliphatic rings. The molecule has 1 saturated heterocycles. The lowest BCUT2D eigenvalue weighted by molar-refractivity contribution is 0.0847. The number of hydrogen-bond donors (Lipinski definition) is 2. The summed E-state index contributed by atoms with van der Waals surface area (Å²) in [5, 5.41) is 0. The predicted molar refractivity (Wildman–Crippen MR) is 129 cm³/mol. The van der Waals surface area contributed by atoms with E-state index in [0.717, 1.165) is 5.69 Å². The number of nitrogens with zero attached hydrogens (tertiary/aromatic N) is 3. The molecule has 7 nitrogen and oxygen atoms in total. The number of alkyl halides is 1. The van der Waals surface area contributed by atoms with Gasteiger partial charge in [0, 0.05) is 41.0 Å². The summed E-state index contributed by atoms with van der Waals surface area (Å²) in [6, 6.07) is 13.2. The molecule has 0 spiro atoms. The lowest BCUT2D eigenvalue weighted by atomic mass is 10.1. The first kappa shape index (κ1) is 22.9. The number of halogens is 1. The van der Waals surface area contributed by atoms with Gasteiger partial charge in [-0.3, -0.25) is 9.69 Å². The normalized spacial score (nSPS) is 18.8. The molecule has 1 N–H and O–H groups in total. The molecule has 0 aliphatic carbocycles. The van der Waals surface area contributed by atoms with Gasteiger partial charge in [0.1, 0.15) is 5.50 Å². The Morgan fingerprint density at radius 2 is 1.88 bits per heavy atom. The zero-order valence-electron chi connectivity index (χ0n) is 16.6. The number of sulfonamides is 1. The Balaban J connectivity index is 1.43. The van der Waals surface area contributed by atoms with Crippen molar-refractivity contribution in [3.8, 4) is 5.69 Å². The van der Waals surface area contributed by atoms with Crippen LogP contribution in [0.4, 0.5) is 0 Å². The molecule has 1 aromatic heterocycles. The highest BCUT2D eigenvalue weighted by Gasteiger charge is 2.39. The molecule has 2 atom stereocenters. The van der Waals surface area contributed by atoms with Gasteiger partial charge in [-0.1, -0.05) is 23.8 Å². The number of aromatic nitrogens is 2. The number of imidazole rings is 1. The molecule has 1 unspecified atom stereocenters. The summed E-state index contributed by atoms with van der Waals surface area (Å²) in [4.78, 5) is 19.5. The summed E-state index contributed by atoms with van der Waals surface area (Å²) < 4.78 is 29.5. The number of nitrogens with one attached hydrogen (secondary N) is 1. The molecule has 0 bridgehead atoms. The van der Waals surface area contributed by atoms with E-state index < -0.39 is 15.5 Å². The third-order valence-corrected chi connectivity index (χ3v) is 7.79. The predicted octanol–water partition coefficient (Wildman–Crippen LogP) is 3.49. The van der Waals surface area contributed by atoms with Crippen LogP contribution in [0.3, 0.4) is 0 Å². The second kappa shape index (κ2) is 9.32. The molecule has 32 heavy (non-hydrogen) atoms. The van der Waals surface area contributed by atoms with Crippen LogP contribution in [-0.2, 0) is 10.0 Å². The topological polar surface area (TPSA) is 84.3 Å². The third kappa shape index (κ3) is 4.74. The number of likely N-dealkylation sites (tertiary alicyclic amines) is 1. The SMILES string of the molecule is O=C(c1ccc(-n2ccnc2)cc1)N1C(=S)C(CNS(=O)(=O)c2ccc(S)cc2)C[C@H]1Cl. The minimum Gasteiger partial charge on any atom is -0.306 e. The molecular weight excluding hydrogens is 488 g/mol. The number of hydrogen-bond acceptors (Lipinski definition) is 6. The maximum Gasteiger partial charge on any atom is 0.259 e. The Hall–Kier alpha value is -2.24. The molecule has 2 aromatic carbocycles. The number of thiol groups is 1. The van der Waals surface area contributed by atoms with Gasteiger partial charge in [0.15, 0.2) is 0 Å². The summed E-state index contributed by atoms with van der Waals surface area (Å²) >= 11 is 16.1. The van der Waals surface area contributed by atoms with Gasteiger partial charge in [0.2, 0.25) is 10.0 Å². The van der Waals surface area contributed by atoms with Crippen molar-refractivity contribution in [2.75, 3.05) is 6.54 Å². The fourth-order valence-electron chi connectivity index (χ4n) is 3.42. The zero-order chi connectivity index (χ0) is 22.9. The van der Waals surface area contributed by atoms with Crippen LogP contribution in [0.1, 0.15) is 16.8 Å². The van der Waals surface area contributed by atoms with Crippen molar-refractivity contribution in [2.24, 2.45) is 5.92 Å². The summed E-state index contributed by atoms with van der Waals surface area (Å²) in [6.45, 7) is 0.0519. The summed E-state index contributed by atoms with van der Waals surface area (Å²) in [6.07, 6.45) is 5.50. The van der Waals surface area contributed by atoms with Crippen LogP contribution in [0.25, 0.3) is 5.69 Å². The first-order valence-electron chi connectivity index (χ1n) is 9.65. The summed E-state index contributed by atoms with van der Waals surface area (Å²) in [7, 11) is -3.72. The Morgan fingerprint density at radius 1 is 1.19 bits per heavy atom. The lowest BCUT2D eigenvalue weighted by Crippen LogP contribution is -2.38. The second-order valence-electron chi connectivity index (χ2n) is 7.24. The fraction of sp³-hybridized carbons (Fsp3) is 0.190. The molecule has 1 fully saturated rings. The highest BCUT2D eigenvalue weighted by molar-refractivity contribution is 7.89. The van der Waals surface area contributed by atoms with Gasteiger partial charge in [-0.15, -0.1) is 12.6 Å². The molecule has 166 valence electrons. The van der Waals surface area contributed by atoms with Crippen LogP contribution in [0.5, 0.6) is 0 Å². The van der Waals surface area contributed by atoms with Crippen LogP contribution in [0.2, 0.25) is 0 Å². The van der Waals surface area contributed by atoms with Crippen LogP contribution < -0.4 is 4.72 Å². The van der Waals surface area contributed by atoms with Crippen molar-refractivity contribution in [1.29, 1.82) is 0 Å². The Bertz CT molecular complexity index is 1230. The van der Waals surface area contributed by atoms with Crippen LogP contribution >= 0.6 is 36.4 Å². The van der Waals surface area contributed by atoms with Gasteiger partial charge >= 0.3 is 0 Å². The monoisotopic (exact) mass is 506 g/mol. The molecule has 2 heterocycles. The number of amides is 1. The van der Waals surface area contributed by atoms with Crippen LogP contribution in [-0.4, -0.2) is 45.8 Å². The van der Waals surface area contributed by atoms with Crippen molar-refractivity contribution < 1.29 is 13.2 Å². The first-order valence-corrected chi connectivity index (χ1v) is 12.4. The molecule has 0 saturated carbocycles. The Morgan fingerprint density at radius 3 is 2.50 bits per heavy atom. The van der Waals surface area contributed by atoms with Crippen molar-refractivity contribution in [2.45, 2.75) is 21.7 Å². The van der Waals surface area contributed by atoms with E-state index in [2.05, 4.69) is 22.3 Å². The number of carbonyl (C=O) groups excluding carboxylic acids is 1. The maximum absolute atomic E-state index is 13.1. The minimum atomic E-state index is -3.72. The van der Waals surface area contributed by atoms with Gasteiger partial charge in [-0.05, 0) is 55.0 Å². The molecule has 1 amide bonds. The van der Waals surface area contributed by atoms with Gasteiger partial charge in [0.05, 0.1) is 16.2 Å². The largest absolute Gasteiger partial charge is 0.306 e. The van der Waals surface area contributed by atoms with E-state index in [0.29, 0.717) is 21.9 Å². The van der Waals surface area contributed by atoms with E-state index in [9.17, 15) is 13.2 Å². The molecular formula is C21H19ClN4O3S3.